The van der Waals surface area contributed by atoms with Crippen molar-refractivity contribution in [3.8, 4) is 0 Å². The van der Waals surface area contributed by atoms with Crippen LogP contribution in [0.5, 0.6) is 0 Å². The molecule has 0 amide bonds. The number of rotatable bonds is 5. The SMILES string of the molecule is CCc1cnc(CNCc2ccccc2)o1. The van der Waals surface area contributed by atoms with Gasteiger partial charge in [0, 0.05) is 13.0 Å². The van der Waals surface area contributed by atoms with E-state index in [0.29, 0.717) is 6.54 Å². The lowest BCUT2D eigenvalue weighted by Crippen LogP contribution is -2.12. The summed E-state index contributed by atoms with van der Waals surface area (Å²) in [6.07, 6.45) is 2.69. The molecular formula is C13H16N2O. The van der Waals surface area contributed by atoms with Gasteiger partial charge in [0.2, 0.25) is 5.89 Å². The van der Waals surface area contributed by atoms with Gasteiger partial charge in [0.25, 0.3) is 0 Å². The van der Waals surface area contributed by atoms with Crippen LogP contribution in [0, 0.1) is 0 Å². The molecule has 0 bridgehead atoms. The van der Waals surface area contributed by atoms with Gasteiger partial charge in [-0.3, -0.25) is 0 Å². The molecule has 2 rings (SSSR count). The Morgan fingerprint density at radius 3 is 2.69 bits per heavy atom. The molecule has 1 aromatic heterocycles. The number of benzene rings is 1. The van der Waals surface area contributed by atoms with Crippen molar-refractivity contribution < 1.29 is 4.42 Å². The topological polar surface area (TPSA) is 38.1 Å². The molecule has 0 spiro atoms. The Labute approximate surface area is 95.5 Å². The molecule has 0 aliphatic heterocycles. The Kier molecular flexibility index (Phi) is 3.72. The molecule has 16 heavy (non-hydrogen) atoms. The monoisotopic (exact) mass is 216 g/mol. The quantitative estimate of drug-likeness (QED) is 0.834. The van der Waals surface area contributed by atoms with Crippen molar-refractivity contribution >= 4 is 0 Å². The predicted octanol–water partition coefficient (Wildman–Crippen LogP) is 2.53. The average Bonchev–Trinajstić information content (AvgIpc) is 2.78. The van der Waals surface area contributed by atoms with Gasteiger partial charge in [0.1, 0.15) is 5.76 Å². The predicted molar refractivity (Wildman–Crippen MR) is 62.9 cm³/mol. The molecule has 84 valence electrons. The fraction of sp³-hybridized carbons (Fsp3) is 0.308. The zero-order chi connectivity index (χ0) is 11.2. The third-order valence-electron chi connectivity index (χ3n) is 2.40. The van der Waals surface area contributed by atoms with Crippen molar-refractivity contribution in [2.45, 2.75) is 26.4 Å². The van der Waals surface area contributed by atoms with Gasteiger partial charge >= 0.3 is 0 Å². The lowest BCUT2D eigenvalue weighted by molar-refractivity contribution is 0.439. The highest BCUT2D eigenvalue weighted by Gasteiger charge is 2.01. The summed E-state index contributed by atoms with van der Waals surface area (Å²) in [5.41, 5.74) is 1.27. The van der Waals surface area contributed by atoms with Gasteiger partial charge in [-0.05, 0) is 5.56 Å². The number of aromatic nitrogens is 1. The van der Waals surface area contributed by atoms with Gasteiger partial charge in [-0.1, -0.05) is 37.3 Å². The Balaban J connectivity index is 1.80. The molecule has 2 aromatic rings. The summed E-state index contributed by atoms with van der Waals surface area (Å²) in [6, 6.07) is 10.3. The van der Waals surface area contributed by atoms with Gasteiger partial charge < -0.3 is 9.73 Å². The van der Waals surface area contributed by atoms with Crippen LogP contribution in [0.2, 0.25) is 0 Å². The minimum atomic E-state index is 0.675. The normalized spacial score (nSPS) is 10.6. The Bertz CT molecular complexity index is 423. The van der Waals surface area contributed by atoms with E-state index in [1.54, 1.807) is 6.20 Å². The highest BCUT2D eigenvalue weighted by Crippen LogP contribution is 2.04. The zero-order valence-electron chi connectivity index (χ0n) is 9.44. The molecule has 3 nitrogen and oxygen atoms in total. The highest BCUT2D eigenvalue weighted by molar-refractivity contribution is 5.14. The van der Waals surface area contributed by atoms with Gasteiger partial charge in [0.05, 0.1) is 12.7 Å². The number of hydrogen-bond acceptors (Lipinski definition) is 3. The molecule has 0 radical (unpaired) electrons. The minimum absolute atomic E-state index is 0.675. The second kappa shape index (κ2) is 5.47. The molecule has 1 aromatic carbocycles. The maximum Gasteiger partial charge on any atom is 0.208 e. The van der Waals surface area contributed by atoms with Crippen LogP contribution in [0.15, 0.2) is 40.9 Å². The van der Waals surface area contributed by atoms with E-state index in [1.807, 2.05) is 18.2 Å². The van der Waals surface area contributed by atoms with Gasteiger partial charge in [0.15, 0.2) is 0 Å². The number of oxazole rings is 1. The average molecular weight is 216 g/mol. The number of nitrogens with one attached hydrogen (secondary N) is 1. The van der Waals surface area contributed by atoms with Gasteiger partial charge in [-0.25, -0.2) is 4.98 Å². The molecule has 0 saturated carbocycles. The van der Waals surface area contributed by atoms with E-state index in [9.17, 15) is 0 Å². The molecule has 1 N–H and O–H groups in total. The van der Waals surface area contributed by atoms with E-state index in [1.165, 1.54) is 5.56 Å². The Hall–Kier alpha value is -1.61. The van der Waals surface area contributed by atoms with Gasteiger partial charge in [-0.15, -0.1) is 0 Å². The Morgan fingerprint density at radius 1 is 1.19 bits per heavy atom. The first-order chi connectivity index (χ1) is 7.88. The molecule has 0 aliphatic rings. The van der Waals surface area contributed by atoms with E-state index in [4.69, 9.17) is 4.42 Å². The lowest BCUT2D eigenvalue weighted by Gasteiger charge is -2.01. The molecule has 0 aliphatic carbocycles. The summed E-state index contributed by atoms with van der Waals surface area (Å²) in [6.45, 7) is 3.57. The highest BCUT2D eigenvalue weighted by atomic mass is 16.4. The molecule has 3 heteroatoms. The second-order valence-electron chi connectivity index (χ2n) is 3.66. The van der Waals surface area contributed by atoms with Crippen molar-refractivity contribution in [2.24, 2.45) is 0 Å². The second-order valence-corrected chi connectivity index (χ2v) is 3.66. The summed E-state index contributed by atoms with van der Waals surface area (Å²) < 4.78 is 5.50. The first-order valence-corrected chi connectivity index (χ1v) is 5.56. The van der Waals surface area contributed by atoms with Crippen molar-refractivity contribution in [3.05, 3.63) is 53.7 Å². The minimum Gasteiger partial charge on any atom is -0.444 e. The fourth-order valence-electron chi connectivity index (χ4n) is 1.50. The zero-order valence-corrected chi connectivity index (χ0v) is 9.44. The number of aryl methyl sites for hydroxylation is 1. The van der Waals surface area contributed by atoms with Crippen molar-refractivity contribution in [2.75, 3.05) is 0 Å². The van der Waals surface area contributed by atoms with Gasteiger partial charge in [-0.2, -0.15) is 0 Å². The van der Waals surface area contributed by atoms with E-state index >= 15 is 0 Å². The van der Waals surface area contributed by atoms with Crippen LogP contribution in [0.1, 0.15) is 24.1 Å². The third kappa shape index (κ3) is 2.94. The van der Waals surface area contributed by atoms with Crippen molar-refractivity contribution in [3.63, 3.8) is 0 Å². The van der Waals surface area contributed by atoms with Crippen LogP contribution in [0.3, 0.4) is 0 Å². The Morgan fingerprint density at radius 2 is 2.00 bits per heavy atom. The third-order valence-corrected chi connectivity index (χ3v) is 2.40. The molecule has 0 saturated heterocycles. The van der Waals surface area contributed by atoms with Crippen LogP contribution in [-0.2, 0) is 19.5 Å². The maximum absolute atomic E-state index is 5.50. The van der Waals surface area contributed by atoms with E-state index in [-0.39, 0.29) is 0 Å². The molecular weight excluding hydrogens is 200 g/mol. The summed E-state index contributed by atoms with van der Waals surface area (Å²) in [4.78, 5) is 4.19. The summed E-state index contributed by atoms with van der Waals surface area (Å²) >= 11 is 0. The van der Waals surface area contributed by atoms with Crippen molar-refractivity contribution in [1.82, 2.24) is 10.3 Å². The first-order valence-electron chi connectivity index (χ1n) is 5.56. The summed E-state index contributed by atoms with van der Waals surface area (Å²) in [5, 5.41) is 3.30. The van der Waals surface area contributed by atoms with E-state index < -0.39 is 0 Å². The van der Waals surface area contributed by atoms with E-state index in [0.717, 1.165) is 24.6 Å². The molecule has 1 heterocycles. The standard InChI is InChI=1S/C13H16N2O/c1-2-12-9-15-13(16-12)10-14-8-11-6-4-3-5-7-11/h3-7,9,14H,2,8,10H2,1H3. The lowest BCUT2D eigenvalue weighted by atomic mass is 10.2. The van der Waals surface area contributed by atoms with Crippen LogP contribution in [0.4, 0.5) is 0 Å². The van der Waals surface area contributed by atoms with Crippen molar-refractivity contribution in [1.29, 1.82) is 0 Å². The van der Waals surface area contributed by atoms with Crippen LogP contribution in [-0.4, -0.2) is 4.98 Å². The van der Waals surface area contributed by atoms with E-state index in [2.05, 4.69) is 29.4 Å². The summed E-state index contributed by atoms with van der Waals surface area (Å²) in [5.74, 6) is 1.70. The number of hydrogen-bond donors (Lipinski definition) is 1. The summed E-state index contributed by atoms with van der Waals surface area (Å²) in [7, 11) is 0. The fourth-order valence-corrected chi connectivity index (χ4v) is 1.50. The molecule has 0 unspecified atom stereocenters. The van der Waals surface area contributed by atoms with Crippen LogP contribution < -0.4 is 5.32 Å². The maximum atomic E-state index is 5.50. The molecule has 0 fully saturated rings. The molecule has 0 atom stereocenters. The van der Waals surface area contributed by atoms with Crippen LogP contribution in [0.25, 0.3) is 0 Å². The van der Waals surface area contributed by atoms with Crippen LogP contribution >= 0.6 is 0 Å². The number of nitrogens with zero attached hydrogens (tertiary/aromatic N) is 1. The smallest absolute Gasteiger partial charge is 0.208 e. The first kappa shape index (κ1) is 10.9. The largest absolute Gasteiger partial charge is 0.444 e.